The molecule has 0 radical (unpaired) electrons. The van der Waals surface area contributed by atoms with Gasteiger partial charge in [0.1, 0.15) is 4.88 Å². The molecular formula is C18H25N5O2S. The number of hydrogen-bond donors (Lipinski definition) is 0. The third-order valence-corrected chi connectivity index (χ3v) is 5.63. The molecule has 140 valence electrons. The van der Waals surface area contributed by atoms with Crippen LogP contribution in [0.4, 0.5) is 0 Å². The van der Waals surface area contributed by atoms with Gasteiger partial charge in [0, 0.05) is 31.1 Å². The number of rotatable bonds is 3. The summed E-state index contributed by atoms with van der Waals surface area (Å²) < 4.78 is 5.43. The summed E-state index contributed by atoms with van der Waals surface area (Å²) in [6.07, 6.45) is 1.73. The monoisotopic (exact) mass is 375 g/mol. The van der Waals surface area contributed by atoms with Crippen LogP contribution in [0, 0.1) is 12.8 Å². The molecular weight excluding hydrogens is 350 g/mol. The van der Waals surface area contributed by atoms with Crippen molar-refractivity contribution >= 4 is 17.4 Å². The highest BCUT2D eigenvalue weighted by Crippen LogP contribution is 2.23. The first kappa shape index (κ1) is 18.7. The Balaban J connectivity index is 1.64. The normalized spacial score (nSPS) is 16.1. The van der Waals surface area contributed by atoms with Gasteiger partial charge in [0.2, 0.25) is 0 Å². The van der Waals surface area contributed by atoms with E-state index < -0.39 is 0 Å². The van der Waals surface area contributed by atoms with Gasteiger partial charge in [0.05, 0.1) is 11.4 Å². The number of nitrogens with zero attached hydrogens (tertiary/aromatic N) is 5. The van der Waals surface area contributed by atoms with Gasteiger partial charge in [0.25, 0.3) is 11.5 Å². The van der Waals surface area contributed by atoms with E-state index in [4.69, 9.17) is 0 Å². The second kappa shape index (κ2) is 7.26. The lowest BCUT2D eigenvalue weighted by Crippen LogP contribution is -2.40. The molecule has 0 aliphatic carbocycles. The lowest BCUT2D eigenvalue weighted by atomic mass is 9.92. The van der Waals surface area contributed by atoms with Crippen molar-refractivity contribution in [2.45, 2.75) is 52.5 Å². The van der Waals surface area contributed by atoms with Gasteiger partial charge < -0.3 is 4.90 Å². The molecule has 0 spiro atoms. The van der Waals surface area contributed by atoms with Crippen LogP contribution in [0.25, 0.3) is 0 Å². The van der Waals surface area contributed by atoms with E-state index in [1.165, 1.54) is 0 Å². The summed E-state index contributed by atoms with van der Waals surface area (Å²) in [7, 11) is 0. The maximum atomic E-state index is 12.5. The molecule has 8 heteroatoms. The molecule has 3 heterocycles. The molecule has 1 saturated heterocycles. The van der Waals surface area contributed by atoms with Gasteiger partial charge in [-0.2, -0.15) is 5.10 Å². The first-order valence-corrected chi connectivity index (χ1v) is 9.70. The SMILES string of the molecule is Cc1nnsc1C(=O)N1CCC(Cn2nc(C(C)(C)C)ccc2=O)CC1. The van der Waals surface area contributed by atoms with Gasteiger partial charge in [-0.25, -0.2) is 4.68 Å². The predicted octanol–water partition coefficient (Wildman–Crippen LogP) is 2.25. The first-order chi connectivity index (χ1) is 12.3. The molecule has 0 saturated carbocycles. The summed E-state index contributed by atoms with van der Waals surface area (Å²) >= 11 is 1.15. The van der Waals surface area contributed by atoms with Crippen molar-refractivity contribution in [2.24, 2.45) is 5.92 Å². The maximum Gasteiger partial charge on any atom is 0.267 e. The fourth-order valence-electron chi connectivity index (χ4n) is 3.11. The van der Waals surface area contributed by atoms with Crippen LogP contribution < -0.4 is 5.56 Å². The van der Waals surface area contributed by atoms with Gasteiger partial charge in [0.15, 0.2) is 0 Å². The number of hydrogen-bond acceptors (Lipinski definition) is 6. The van der Waals surface area contributed by atoms with Crippen molar-refractivity contribution in [1.82, 2.24) is 24.3 Å². The van der Waals surface area contributed by atoms with Gasteiger partial charge in [-0.15, -0.1) is 5.10 Å². The molecule has 1 amide bonds. The standard InChI is InChI=1S/C18H25N5O2S/c1-12-16(26-21-19-12)17(25)22-9-7-13(8-10-22)11-23-15(24)6-5-14(20-23)18(2,3)4/h5-6,13H,7-11H2,1-4H3. The lowest BCUT2D eigenvalue weighted by molar-refractivity contribution is 0.0684. The fraction of sp³-hybridized carbons (Fsp3) is 0.611. The highest BCUT2D eigenvalue weighted by atomic mass is 32.1. The molecule has 0 unspecified atom stereocenters. The zero-order valence-electron chi connectivity index (χ0n) is 15.7. The number of aromatic nitrogens is 4. The Morgan fingerprint density at radius 1 is 1.27 bits per heavy atom. The van der Waals surface area contributed by atoms with Crippen LogP contribution in [0.3, 0.4) is 0 Å². The van der Waals surface area contributed by atoms with E-state index in [1.807, 2.05) is 17.9 Å². The molecule has 1 fully saturated rings. The minimum absolute atomic E-state index is 0.0148. The van der Waals surface area contributed by atoms with Crippen LogP contribution >= 0.6 is 11.5 Å². The second-order valence-corrected chi connectivity index (χ2v) is 8.67. The molecule has 1 aliphatic rings. The Morgan fingerprint density at radius 3 is 2.54 bits per heavy atom. The molecule has 0 atom stereocenters. The topological polar surface area (TPSA) is 81.0 Å². The van der Waals surface area contributed by atoms with Gasteiger partial charge in [-0.3, -0.25) is 9.59 Å². The van der Waals surface area contributed by atoms with Gasteiger partial charge in [-0.05, 0) is 43.3 Å². The maximum absolute atomic E-state index is 12.5. The number of carbonyl (C=O) groups is 1. The molecule has 2 aromatic rings. The molecule has 7 nitrogen and oxygen atoms in total. The quantitative estimate of drug-likeness (QED) is 0.822. The smallest absolute Gasteiger partial charge is 0.267 e. The molecule has 3 rings (SSSR count). The molecule has 2 aromatic heterocycles. The molecule has 0 aromatic carbocycles. The average molecular weight is 375 g/mol. The Kier molecular flexibility index (Phi) is 5.22. The van der Waals surface area contributed by atoms with Crippen LogP contribution in [0.1, 0.15) is 54.7 Å². The molecule has 26 heavy (non-hydrogen) atoms. The Hall–Kier alpha value is -2.09. The largest absolute Gasteiger partial charge is 0.338 e. The van der Waals surface area contributed by atoms with Crippen LogP contribution in [0.2, 0.25) is 0 Å². The van der Waals surface area contributed by atoms with E-state index in [9.17, 15) is 9.59 Å². The fourth-order valence-corrected chi connectivity index (χ4v) is 3.74. The predicted molar refractivity (Wildman–Crippen MR) is 100 cm³/mol. The minimum atomic E-state index is -0.0914. The van der Waals surface area contributed by atoms with E-state index >= 15 is 0 Å². The number of likely N-dealkylation sites (tertiary alicyclic amines) is 1. The Labute approximate surface area is 157 Å². The van der Waals surface area contributed by atoms with Crippen molar-refractivity contribution in [1.29, 1.82) is 0 Å². The van der Waals surface area contributed by atoms with Crippen LogP contribution in [0.5, 0.6) is 0 Å². The van der Waals surface area contributed by atoms with E-state index in [-0.39, 0.29) is 16.9 Å². The van der Waals surface area contributed by atoms with E-state index in [0.29, 0.717) is 36.1 Å². The summed E-state index contributed by atoms with van der Waals surface area (Å²) in [5, 5.41) is 8.47. The Morgan fingerprint density at radius 2 is 1.96 bits per heavy atom. The Bertz CT molecular complexity index is 844. The third-order valence-electron chi connectivity index (χ3n) is 4.81. The number of aryl methyl sites for hydroxylation is 1. The summed E-state index contributed by atoms with van der Waals surface area (Å²) in [5.41, 5.74) is 1.45. The van der Waals surface area contributed by atoms with Crippen molar-refractivity contribution in [2.75, 3.05) is 13.1 Å². The summed E-state index contributed by atoms with van der Waals surface area (Å²) in [5.74, 6) is 0.362. The van der Waals surface area contributed by atoms with E-state index in [1.54, 1.807) is 10.7 Å². The first-order valence-electron chi connectivity index (χ1n) is 8.92. The minimum Gasteiger partial charge on any atom is -0.338 e. The summed E-state index contributed by atoms with van der Waals surface area (Å²) in [4.78, 5) is 27.2. The summed E-state index contributed by atoms with van der Waals surface area (Å²) in [6.45, 7) is 10.1. The van der Waals surface area contributed by atoms with Crippen LogP contribution in [-0.4, -0.2) is 43.3 Å². The second-order valence-electron chi connectivity index (χ2n) is 7.91. The van der Waals surface area contributed by atoms with E-state index in [0.717, 1.165) is 30.1 Å². The molecule has 1 aliphatic heterocycles. The van der Waals surface area contributed by atoms with Crippen molar-refractivity contribution in [3.05, 3.63) is 38.8 Å². The van der Waals surface area contributed by atoms with Gasteiger partial charge in [-0.1, -0.05) is 25.3 Å². The lowest BCUT2D eigenvalue weighted by Gasteiger charge is -2.32. The zero-order chi connectivity index (χ0) is 18.9. The highest BCUT2D eigenvalue weighted by molar-refractivity contribution is 7.07. The number of amides is 1. The zero-order valence-corrected chi connectivity index (χ0v) is 16.5. The van der Waals surface area contributed by atoms with Crippen molar-refractivity contribution in [3.63, 3.8) is 0 Å². The van der Waals surface area contributed by atoms with Gasteiger partial charge >= 0.3 is 0 Å². The van der Waals surface area contributed by atoms with Crippen molar-refractivity contribution < 1.29 is 4.79 Å². The third kappa shape index (κ3) is 4.00. The van der Waals surface area contributed by atoms with E-state index in [2.05, 4.69) is 35.5 Å². The summed E-state index contributed by atoms with van der Waals surface area (Å²) in [6, 6.07) is 3.41. The molecule has 0 bridgehead atoms. The van der Waals surface area contributed by atoms with Crippen molar-refractivity contribution in [3.8, 4) is 0 Å². The average Bonchev–Trinajstić information content (AvgIpc) is 3.02. The van der Waals surface area contributed by atoms with Crippen LogP contribution in [0.15, 0.2) is 16.9 Å². The molecule has 0 N–H and O–H groups in total. The number of piperidine rings is 1. The number of carbonyl (C=O) groups excluding carboxylic acids is 1. The van der Waals surface area contributed by atoms with Crippen LogP contribution in [-0.2, 0) is 12.0 Å². The highest BCUT2D eigenvalue weighted by Gasteiger charge is 2.27.